The Morgan fingerprint density at radius 3 is 2.52 bits per heavy atom. The molecule has 7 heteroatoms. The molecule has 2 aromatic carbocycles. The first-order valence-electron chi connectivity index (χ1n) is 11.1. The van der Waals surface area contributed by atoms with Crippen LogP contribution in [0.4, 0.5) is 5.69 Å². The summed E-state index contributed by atoms with van der Waals surface area (Å²) in [5.74, 6) is -0.362. The highest BCUT2D eigenvalue weighted by Crippen LogP contribution is 2.44. The number of hydrogen-bond donors (Lipinski definition) is 0. The lowest BCUT2D eigenvalue weighted by molar-refractivity contribution is -0.134. The number of halogens is 1. The molecule has 2 aliphatic heterocycles. The van der Waals surface area contributed by atoms with Gasteiger partial charge in [-0.05, 0) is 47.7 Å². The molecular formula is C26H26ClN3O2S. The maximum absolute atomic E-state index is 14.0. The smallest absolute Gasteiger partial charge is 0.254 e. The molecule has 33 heavy (non-hydrogen) atoms. The molecule has 0 aliphatic carbocycles. The second-order valence-electron chi connectivity index (χ2n) is 8.68. The van der Waals surface area contributed by atoms with Crippen LogP contribution in [0.3, 0.4) is 0 Å². The molecule has 2 atom stereocenters. The minimum absolute atomic E-state index is 0.0331. The average molecular weight is 480 g/mol. The van der Waals surface area contributed by atoms with Gasteiger partial charge in [-0.1, -0.05) is 41.9 Å². The van der Waals surface area contributed by atoms with Gasteiger partial charge in [0.2, 0.25) is 5.91 Å². The van der Waals surface area contributed by atoms with Gasteiger partial charge in [0.1, 0.15) is 0 Å². The number of amides is 2. The molecule has 170 valence electrons. The number of anilines is 1. The van der Waals surface area contributed by atoms with E-state index in [0.29, 0.717) is 18.7 Å². The Bertz CT molecular complexity index is 1190. The minimum Gasteiger partial charge on any atom is -0.368 e. The third-order valence-electron chi connectivity index (χ3n) is 6.78. The molecular weight excluding hydrogens is 454 g/mol. The molecule has 2 aliphatic rings. The quantitative estimate of drug-likeness (QED) is 0.532. The van der Waals surface area contributed by atoms with E-state index >= 15 is 0 Å². The lowest BCUT2D eigenvalue weighted by Gasteiger charge is -2.43. The second kappa shape index (κ2) is 8.84. The Morgan fingerprint density at radius 1 is 1.03 bits per heavy atom. The van der Waals surface area contributed by atoms with Crippen LogP contribution in [0.5, 0.6) is 0 Å². The van der Waals surface area contributed by atoms with Crippen molar-refractivity contribution >= 4 is 40.4 Å². The van der Waals surface area contributed by atoms with Gasteiger partial charge in [-0.25, -0.2) is 0 Å². The topological polar surface area (TPSA) is 43.9 Å². The number of nitrogens with zero attached hydrogens (tertiary/aromatic N) is 3. The van der Waals surface area contributed by atoms with E-state index in [4.69, 9.17) is 11.6 Å². The fraction of sp³-hybridized carbons (Fsp3) is 0.308. The van der Waals surface area contributed by atoms with Gasteiger partial charge in [-0.2, -0.15) is 0 Å². The Labute approximate surface area is 203 Å². The summed E-state index contributed by atoms with van der Waals surface area (Å²) < 4.78 is 0. The van der Waals surface area contributed by atoms with Gasteiger partial charge in [0.25, 0.3) is 5.91 Å². The van der Waals surface area contributed by atoms with Crippen LogP contribution in [0.25, 0.3) is 0 Å². The van der Waals surface area contributed by atoms with E-state index in [2.05, 4.69) is 11.8 Å². The lowest BCUT2D eigenvalue weighted by atomic mass is 9.81. The van der Waals surface area contributed by atoms with E-state index in [1.807, 2.05) is 71.9 Å². The summed E-state index contributed by atoms with van der Waals surface area (Å²) in [4.78, 5) is 34.1. The molecule has 0 bridgehead atoms. The molecule has 0 spiro atoms. The summed E-state index contributed by atoms with van der Waals surface area (Å²) in [5, 5.41) is 2.72. The summed E-state index contributed by atoms with van der Waals surface area (Å²) >= 11 is 7.83. The fourth-order valence-electron chi connectivity index (χ4n) is 5.04. The predicted octanol–water partition coefficient (Wildman–Crippen LogP) is 4.97. The van der Waals surface area contributed by atoms with E-state index in [1.54, 1.807) is 16.2 Å². The molecule has 1 aromatic heterocycles. The number of carbonyl (C=O) groups is 2. The van der Waals surface area contributed by atoms with E-state index in [9.17, 15) is 9.59 Å². The number of rotatable bonds is 3. The standard InChI is InChI=1S/C26H26ClN3O2S/c1-17-9-10-18(27)16-21(17)29-11-13-30(14-12-29)26(32)23-19-6-3-4-7-20(19)25(31)28(2)24(23)22-8-5-15-33-22/h3-10,15-16,23-24H,11-14H2,1-2H3/t23-,24+/m1/s1. The molecule has 0 saturated carbocycles. The monoisotopic (exact) mass is 479 g/mol. The highest BCUT2D eigenvalue weighted by molar-refractivity contribution is 7.10. The van der Waals surface area contributed by atoms with Crippen molar-refractivity contribution in [2.75, 3.05) is 38.1 Å². The predicted molar refractivity (Wildman–Crippen MR) is 133 cm³/mol. The number of benzene rings is 2. The Morgan fingerprint density at radius 2 is 1.79 bits per heavy atom. The summed E-state index contributed by atoms with van der Waals surface area (Å²) in [5.41, 5.74) is 3.76. The second-order valence-corrected chi connectivity index (χ2v) is 10.1. The van der Waals surface area contributed by atoms with Crippen molar-refractivity contribution in [2.45, 2.75) is 18.9 Å². The van der Waals surface area contributed by atoms with Crippen LogP contribution in [0.2, 0.25) is 5.02 Å². The third kappa shape index (κ3) is 3.91. The Balaban J connectivity index is 1.43. The van der Waals surface area contributed by atoms with E-state index in [-0.39, 0.29) is 17.9 Å². The van der Waals surface area contributed by atoms with Crippen LogP contribution in [-0.2, 0) is 4.79 Å². The van der Waals surface area contributed by atoms with Crippen LogP contribution in [0.15, 0.2) is 60.0 Å². The first-order valence-corrected chi connectivity index (χ1v) is 12.4. The molecule has 0 N–H and O–H groups in total. The Kier molecular flexibility index (Phi) is 5.89. The number of carbonyl (C=O) groups excluding carboxylic acids is 2. The van der Waals surface area contributed by atoms with Crippen LogP contribution >= 0.6 is 22.9 Å². The van der Waals surface area contributed by atoms with Crippen molar-refractivity contribution < 1.29 is 9.59 Å². The van der Waals surface area contributed by atoms with Gasteiger partial charge in [0.05, 0.1) is 12.0 Å². The zero-order chi connectivity index (χ0) is 23.1. The number of piperazine rings is 1. The van der Waals surface area contributed by atoms with Gasteiger partial charge in [-0.3, -0.25) is 9.59 Å². The maximum atomic E-state index is 14.0. The van der Waals surface area contributed by atoms with Gasteiger partial charge in [0.15, 0.2) is 0 Å². The molecule has 0 unspecified atom stereocenters. The summed E-state index contributed by atoms with van der Waals surface area (Å²) in [6.07, 6.45) is 0. The molecule has 2 amide bonds. The molecule has 5 nitrogen and oxygen atoms in total. The number of thiophene rings is 1. The molecule has 5 rings (SSSR count). The van der Waals surface area contributed by atoms with Crippen molar-refractivity contribution in [1.29, 1.82) is 0 Å². The first kappa shape index (κ1) is 22.0. The van der Waals surface area contributed by atoms with Gasteiger partial charge in [-0.15, -0.1) is 11.3 Å². The number of likely N-dealkylation sites (N-methyl/N-ethyl adjacent to an activating group) is 1. The summed E-state index contributed by atoms with van der Waals surface area (Å²) in [6, 6.07) is 17.2. The van der Waals surface area contributed by atoms with Crippen LogP contribution in [-0.4, -0.2) is 54.8 Å². The molecule has 0 radical (unpaired) electrons. The Hall–Kier alpha value is -2.83. The highest BCUT2D eigenvalue weighted by atomic mass is 35.5. The zero-order valence-electron chi connectivity index (χ0n) is 18.7. The van der Waals surface area contributed by atoms with E-state index < -0.39 is 5.92 Å². The van der Waals surface area contributed by atoms with Crippen molar-refractivity contribution in [3.05, 3.63) is 86.6 Å². The third-order valence-corrected chi connectivity index (χ3v) is 7.96. The SMILES string of the molecule is Cc1ccc(Cl)cc1N1CCN(C(=O)[C@@H]2c3ccccc3C(=O)N(C)[C@H]2c2cccs2)CC1. The highest BCUT2D eigenvalue weighted by Gasteiger charge is 2.44. The molecule has 1 saturated heterocycles. The maximum Gasteiger partial charge on any atom is 0.254 e. The van der Waals surface area contributed by atoms with Crippen molar-refractivity contribution in [3.8, 4) is 0 Å². The van der Waals surface area contributed by atoms with Crippen LogP contribution in [0, 0.1) is 6.92 Å². The van der Waals surface area contributed by atoms with Crippen LogP contribution < -0.4 is 4.90 Å². The van der Waals surface area contributed by atoms with E-state index in [0.717, 1.165) is 34.2 Å². The average Bonchev–Trinajstić information content (AvgIpc) is 3.37. The number of fused-ring (bicyclic) bond motifs is 1. The fourth-order valence-corrected chi connectivity index (χ4v) is 6.11. The molecule has 3 aromatic rings. The van der Waals surface area contributed by atoms with Gasteiger partial charge < -0.3 is 14.7 Å². The molecule has 1 fully saturated rings. The number of aryl methyl sites for hydroxylation is 1. The van der Waals surface area contributed by atoms with Gasteiger partial charge in [0, 0.05) is 54.4 Å². The largest absolute Gasteiger partial charge is 0.368 e. The summed E-state index contributed by atoms with van der Waals surface area (Å²) in [7, 11) is 1.81. The lowest BCUT2D eigenvalue weighted by Crippen LogP contribution is -2.53. The van der Waals surface area contributed by atoms with Crippen LogP contribution in [0.1, 0.15) is 38.3 Å². The minimum atomic E-state index is -0.415. The summed E-state index contributed by atoms with van der Waals surface area (Å²) in [6.45, 7) is 4.86. The molecule has 3 heterocycles. The normalized spacial score (nSPS) is 20.7. The van der Waals surface area contributed by atoms with E-state index in [1.165, 1.54) is 5.56 Å². The van der Waals surface area contributed by atoms with Crippen molar-refractivity contribution in [3.63, 3.8) is 0 Å². The zero-order valence-corrected chi connectivity index (χ0v) is 20.3. The van der Waals surface area contributed by atoms with Crippen molar-refractivity contribution in [1.82, 2.24) is 9.80 Å². The number of hydrogen-bond acceptors (Lipinski definition) is 4. The first-order chi connectivity index (χ1) is 16.0. The van der Waals surface area contributed by atoms with Crippen molar-refractivity contribution in [2.24, 2.45) is 0 Å². The van der Waals surface area contributed by atoms with Gasteiger partial charge >= 0.3 is 0 Å².